The van der Waals surface area contributed by atoms with Crippen molar-refractivity contribution in [2.24, 2.45) is 15.6 Å². The zero-order valence-electron chi connectivity index (χ0n) is 20.8. The van der Waals surface area contributed by atoms with Crippen molar-refractivity contribution in [3.63, 3.8) is 0 Å². The van der Waals surface area contributed by atoms with Gasteiger partial charge in [0.05, 0.1) is 34.0 Å². The van der Waals surface area contributed by atoms with E-state index in [2.05, 4.69) is 20.0 Å². The molecule has 2 N–H and O–H groups in total. The topological polar surface area (TPSA) is 135 Å². The highest BCUT2D eigenvalue weighted by Gasteiger charge is 2.26. The summed E-state index contributed by atoms with van der Waals surface area (Å²) < 4.78 is 34.2. The fourth-order valence-electron chi connectivity index (χ4n) is 3.08. The molecule has 1 heterocycles. The van der Waals surface area contributed by atoms with Gasteiger partial charge in [-0.05, 0) is 70.0 Å². The largest absolute Gasteiger partial charge is 0.465 e. The Hall–Kier alpha value is -3.57. The Morgan fingerprint density at radius 1 is 1.08 bits per heavy atom. The van der Waals surface area contributed by atoms with Gasteiger partial charge in [-0.3, -0.25) is 14.7 Å². The molecular formula is C25H31N5O5S. The van der Waals surface area contributed by atoms with Gasteiger partial charge in [0, 0.05) is 6.54 Å². The second-order valence-electron chi connectivity index (χ2n) is 8.88. The van der Waals surface area contributed by atoms with Crippen molar-refractivity contribution in [1.82, 2.24) is 14.5 Å². The number of hydrogen-bond donors (Lipinski definition) is 2. The Morgan fingerprint density at radius 3 is 2.39 bits per heavy atom. The Labute approximate surface area is 210 Å². The van der Waals surface area contributed by atoms with Crippen LogP contribution in [-0.4, -0.2) is 37.3 Å². The first kappa shape index (κ1) is 27.0. The minimum Gasteiger partial charge on any atom is -0.465 e. The molecule has 0 aliphatic rings. The van der Waals surface area contributed by atoms with Crippen LogP contribution in [0.25, 0.3) is 5.69 Å². The Bertz CT molecular complexity index is 1370. The van der Waals surface area contributed by atoms with Crippen LogP contribution in [0, 0.1) is 12.3 Å². The van der Waals surface area contributed by atoms with Crippen molar-refractivity contribution in [3.8, 4) is 5.69 Å². The molecule has 0 unspecified atom stereocenters. The second kappa shape index (κ2) is 11.4. The maximum atomic E-state index is 12.7. The van der Waals surface area contributed by atoms with Crippen LogP contribution in [0.4, 0.5) is 11.4 Å². The number of hydrogen-bond acceptors (Lipinski definition) is 7. The number of aryl methyl sites for hydroxylation is 1. The molecule has 0 amide bonds. The first-order valence-electron chi connectivity index (χ1n) is 11.6. The van der Waals surface area contributed by atoms with E-state index in [0.29, 0.717) is 29.9 Å². The van der Waals surface area contributed by atoms with Crippen LogP contribution in [0.15, 0.2) is 74.5 Å². The summed E-state index contributed by atoms with van der Waals surface area (Å²) in [6, 6.07) is 14.9. The van der Waals surface area contributed by atoms with Crippen LogP contribution in [0.5, 0.6) is 0 Å². The van der Waals surface area contributed by atoms with Crippen LogP contribution in [0.1, 0.15) is 39.3 Å². The number of esters is 1. The van der Waals surface area contributed by atoms with Crippen LogP contribution < -0.4 is 10.3 Å². The average molecular weight is 514 g/mol. The minimum atomic E-state index is -3.74. The number of ether oxygens (including phenoxy) is 1. The lowest BCUT2D eigenvalue weighted by Crippen LogP contribution is -2.28. The molecular weight excluding hydrogens is 482 g/mol. The quantitative estimate of drug-likeness (QED) is 0.220. The third kappa shape index (κ3) is 6.55. The van der Waals surface area contributed by atoms with Crippen molar-refractivity contribution in [3.05, 3.63) is 70.6 Å². The number of aromatic amines is 1. The highest BCUT2D eigenvalue weighted by atomic mass is 32.2. The van der Waals surface area contributed by atoms with Gasteiger partial charge in [-0.25, -0.2) is 17.8 Å². The summed E-state index contributed by atoms with van der Waals surface area (Å²) in [5.41, 5.74) is 0.897. The van der Waals surface area contributed by atoms with Gasteiger partial charge in [0.15, 0.2) is 5.69 Å². The lowest BCUT2D eigenvalue weighted by atomic mass is 9.91. The first-order valence-corrected chi connectivity index (χ1v) is 13.1. The molecule has 0 aliphatic carbocycles. The van der Waals surface area contributed by atoms with E-state index in [1.165, 1.54) is 28.9 Å². The number of nitrogens with one attached hydrogen (secondary N) is 2. The summed E-state index contributed by atoms with van der Waals surface area (Å²) in [6.07, 6.45) is 1.01. The number of carbonyl (C=O) groups is 1. The first-order chi connectivity index (χ1) is 17.0. The highest BCUT2D eigenvalue weighted by Crippen LogP contribution is 2.22. The molecule has 0 atom stereocenters. The molecule has 3 rings (SSSR count). The minimum absolute atomic E-state index is 0.0646. The van der Waals surface area contributed by atoms with Gasteiger partial charge in [0.1, 0.15) is 0 Å². The van der Waals surface area contributed by atoms with E-state index < -0.39 is 15.4 Å². The van der Waals surface area contributed by atoms with Crippen molar-refractivity contribution in [2.45, 2.75) is 45.4 Å². The predicted octanol–water partition coefficient (Wildman–Crippen LogP) is 4.54. The molecule has 0 aliphatic heterocycles. The summed E-state index contributed by atoms with van der Waals surface area (Å²) in [6.45, 7) is 7.51. The molecule has 11 heteroatoms. The smallest absolute Gasteiger partial charge is 0.311 e. The molecule has 0 bridgehead atoms. The van der Waals surface area contributed by atoms with E-state index in [9.17, 15) is 18.0 Å². The van der Waals surface area contributed by atoms with Crippen molar-refractivity contribution < 1.29 is 17.9 Å². The monoisotopic (exact) mass is 513 g/mol. The molecule has 2 aromatic carbocycles. The Kier molecular flexibility index (Phi) is 8.59. The van der Waals surface area contributed by atoms with Gasteiger partial charge in [-0.2, -0.15) is 5.11 Å². The number of para-hydroxylation sites is 1. The molecule has 0 fully saturated rings. The normalized spacial score (nSPS) is 12.2. The number of aromatic nitrogens is 2. The van der Waals surface area contributed by atoms with E-state index in [0.717, 1.165) is 0 Å². The van der Waals surface area contributed by atoms with E-state index in [1.54, 1.807) is 32.9 Å². The maximum Gasteiger partial charge on any atom is 0.311 e. The third-order valence-electron chi connectivity index (χ3n) is 5.75. The molecule has 0 saturated heterocycles. The number of carbonyl (C=O) groups excluding carboxylic acids is 1. The molecule has 0 saturated carbocycles. The molecule has 3 aromatic rings. The number of benzene rings is 2. The van der Waals surface area contributed by atoms with Gasteiger partial charge < -0.3 is 4.74 Å². The van der Waals surface area contributed by atoms with Gasteiger partial charge in [-0.15, -0.1) is 5.11 Å². The summed E-state index contributed by atoms with van der Waals surface area (Å²) >= 11 is 0. The SMILES string of the molecule is CCC(C)(C)C(=O)OCCCNS(=O)(=O)c1ccc(N=Nc2c(C)[nH]n(-c3ccccc3)c2=O)cc1. The molecule has 192 valence electrons. The van der Waals surface area contributed by atoms with E-state index in [-0.39, 0.29) is 35.3 Å². The van der Waals surface area contributed by atoms with Crippen LogP contribution >= 0.6 is 0 Å². The average Bonchev–Trinajstić information content (AvgIpc) is 3.16. The zero-order valence-corrected chi connectivity index (χ0v) is 21.6. The van der Waals surface area contributed by atoms with Gasteiger partial charge in [0.25, 0.3) is 5.56 Å². The van der Waals surface area contributed by atoms with Crippen molar-refractivity contribution >= 4 is 27.4 Å². The predicted molar refractivity (Wildman–Crippen MR) is 137 cm³/mol. The molecule has 0 spiro atoms. The van der Waals surface area contributed by atoms with E-state index in [4.69, 9.17) is 4.74 Å². The third-order valence-corrected chi connectivity index (χ3v) is 7.23. The van der Waals surface area contributed by atoms with Crippen LogP contribution in [0.2, 0.25) is 0 Å². The Morgan fingerprint density at radius 2 is 1.75 bits per heavy atom. The summed E-state index contributed by atoms with van der Waals surface area (Å²) in [5.74, 6) is -0.300. The lowest BCUT2D eigenvalue weighted by molar-refractivity contribution is -0.154. The highest BCUT2D eigenvalue weighted by molar-refractivity contribution is 7.89. The Balaban J connectivity index is 1.59. The fourth-order valence-corrected chi connectivity index (χ4v) is 4.15. The lowest BCUT2D eigenvalue weighted by Gasteiger charge is -2.20. The van der Waals surface area contributed by atoms with E-state index in [1.807, 2.05) is 25.1 Å². The standard InChI is InChI=1S/C25H31N5O5S/c1-5-25(3,4)24(32)35-17-9-16-26-36(33,34)21-14-12-19(13-15-21)27-28-22-18(2)29-30(23(22)31)20-10-7-6-8-11-20/h6-8,10-15,26,29H,5,9,16-17H2,1-4H3. The number of nitrogens with zero attached hydrogens (tertiary/aromatic N) is 3. The summed E-state index contributed by atoms with van der Waals surface area (Å²) in [4.78, 5) is 24.7. The van der Waals surface area contributed by atoms with Gasteiger partial charge >= 0.3 is 5.97 Å². The number of rotatable bonds is 11. The van der Waals surface area contributed by atoms with Crippen molar-refractivity contribution in [2.75, 3.05) is 13.2 Å². The molecule has 1 aromatic heterocycles. The summed E-state index contributed by atoms with van der Waals surface area (Å²) in [5, 5.41) is 11.1. The van der Waals surface area contributed by atoms with E-state index >= 15 is 0 Å². The van der Waals surface area contributed by atoms with Crippen LogP contribution in [0.3, 0.4) is 0 Å². The van der Waals surface area contributed by atoms with Crippen molar-refractivity contribution in [1.29, 1.82) is 0 Å². The molecule has 10 nitrogen and oxygen atoms in total. The number of H-pyrrole nitrogens is 1. The van der Waals surface area contributed by atoms with Crippen LogP contribution in [-0.2, 0) is 19.6 Å². The van der Waals surface area contributed by atoms with Gasteiger partial charge in [0.2, 0.25) is 10.0 Å². The fraction of sp³-hybridized carbons (Fsp3) is 0.360. The summed E-state index contributed by atoms with van der Waals surface area (Å²) in [7, 11) is -3.74. The molecule has 0 radical (unpaired) electrons. The second-order valence-corrected chi connectivity index (χ2v) is 10.6. The zero-order chi connectivity index (χ0) is 26.3. The number of sulfonamides is 1. The molecule has 36 heavy (non-hydrogen) atoms. The van der Waals surface area contributed by atoms with Gasteiger partial charge in [-0.1, -0.05) is 25.1 Å². The number of azo groups is 1. The maximum absolute atomic E-state index is 12.7.